The summed E-state index contributed by atoms with van der Waals surface area (Å²) in [7, 11) is -3.47. The van der Waals surface area contributed by atoms with E-state index in [0.29, 0.717) is 10.8 Å². The lowest BCUT2D eigenvalue weighted by molar-refractivity contribution is 0.0993. The quantitative estimate of drug-likeness (QED) is 0.812. The number of rotatable bonds is 3. The Morgan fingerprint density at radius 2 is 1.68 bits per heavy atom. The van der Waals surface area contributed by atoms with Gasteiger partial charge in [-0.1, -0.05) is 24.3 Å². The topological polar surface area (TPSA) is 51.2 Å². The van der Waals surface area contributed by atoms with E-state index in [1.54, 1.807) is 24.3 Å². The smallest absolute Gasteiger partial charge is 0.181 e. The monoisotopic (exact) mass is 280 g/mol. The minimum absolute atomic E-state index is 0.231. The Kier molecular flexibility index (Phi) is 3.41. The molecule has 19 heavy (non-hydrogen) atoms. The Labute approximate surface area is 111 Å². The standard InChI is InChI=1S/C14H13FO3S/c1-9(19(2,17)18)14(16)12-7-8-13(15)11-6-4-3-5-10(11)12/h3-9H,1-2H3. The number of Topliss-reactive ketones (excluding diaryl/α,β-unsaturated/α-hetero) is 1. The van der Waals surface area contributed by atoms with Crippen LogP contribution in [0, 0.1) is 5.82 Å². The van der Waals surface area contributed by atoms with Crippen molar-refractivity contribution >= 4 is 26.4 Å². The zero-order chi connectivity index (χ0) is 14.2. The molecular weight excluding hydrogens is 267 g/mol. The zero-order valence-electron chi connectivity index (χ0n) is 10.6. The van der Waals surface area contributed by atoms with E-state index in [1.807, 2.05) is 0 Å². The molecule has 0 heterocycles. The van der Waals surface area contributed by atoms with Crippen LogP contribution in [0.1, 0.15) is 17.3 Å². The molecule has 5 heteroatoms. The first kappa shape index (κ1) is 13.7. The molecule has 1 atom stereocenters. The maximum atomic E-state index is 13.6. The Morgan fingerprint density at radius 1 is 1.11 bits per heavy atom. The van der Waals surface area contributed by atoms with Crippen molar-refractivity contribution in [3.8, 4) is 0 Å². The van der Waals surface area contributed by atoms with Gasteiger partial charge in [0, 0.05) is 17.2 Å². The molecule has 0 spiro atoms. The van der Waals surface area contributed by atoms with Crippen LogP contribution in [0.3, 0.4) is 0 Å². The van der Waals surface area contributed by atoms with Gasteiger partial charge in [-0.25, -0.2) is 12.8 Å². The molecule has 0 fully saturated rings. The molecule has 0 amide bonds. The average Bonchev–Trinajstić information content (AvgIpc) is 2.37. The van der Waals surface area contributed by atoms with Gasteiger partial charge in [0.05, 0.1) is 0 Å². The van der Waals surface area contributed by atoms with Gasteiger partial charge < -0.3 is 0 Å². The molecule has 0 saturated carbocycles. The van der Waals surface area contributed by atoms with Crippen molar-refractivity contribution in [2.45, 2.75) is 12.2 Å². The van der Waals surface area contributed by atoms with Crippen molar-refractivity contribution in [1.82, 2.24) is 0 Å². The van der Waals surface area contributed by atoms with Gasteiger partial charge in [-0.3, -0.25) is 4.79 Å². The molecule has 0 bridgehead atoms. The maximum absolute atomic E-state index is 13.6. The van der Waals surface area contributed by atoms with E-state index in [-0.39, 0.29) is 5.56 Å². The summed E-state index contributed by atoms with van der Waals surface area (Å²) < 4.78 is 36.5. The van der Waals surface area contributed by atoms with E-state index in [0.717, 1.165) is 6.26 Å². The highest BCUT2D eigenvalue weighted by atomic mass is 32.2. The second-order valence-corrected chi connectivity index (χ2v) is 6.84. The van der Waals surface area contributed by atoms with Crippen molar-refractivity contribution in [3.63, 3.8) is 0 Å². The summed E-state index contributed by atoms with van der Waals surface area (Å²) in [5.74, 6) is -0.946. The summed E-state index contributed by atoms with van der Waals surface area (Å²) in [6, 6.07) is 9.04. The van der Waals surface area contributed by atoms with Crippen LogP contribution in [-0.2, 0) is 9.84 Å². The lowest BCUT2D eigenvalue weighted by Crippen LogP contribution is -2.26. The van der Waals surface area contributed by atoms with Crippen LogP contribution in [0.2, 0.25) is 0 Å². The fraction of sp³-hybridized carbons (Fsp3) is 0.214. The fourth-order valence-electron chi connectivity index (χ4n) is 1.89. The molecule has 0 radical (unpaired) electrons. The maximum Gasteiger partial charge on any atom is 0.181 e. The van der Waals surface area contributed by atoms with Crippen LogP contribution in [0.5, 0.6) is 0 Å². The Balaban J connectivity index is 2.65. The van der Waals surface area contributed by atoms with Gasteiger partial charge in [-0.15, -0.1) is 0 Å². The molecule has 0 aliphatic heterocycles. The molecule has 0 aromatic heterocycles. The number of sulfone groups is 1. The molecule has 2 aromatic carbocycles. The van der Waals surface area contributed by atoms with Crippen LogP contribution in [0.4, 0.5) is 4.39 Å². The lowest BCUT2D eigenvalue weighted by Gasteiger charge is -2.11. The number of hydrogen-bond donors (Lipinski definition) is 0. The number of hydrogen-bond acceptors (Lipinski definition) is 3. The molecule has 0 N–H and O–H groups in total. The number of fused-ring (bicyclic) bond motifs is 1. The first-order valence-corrected chi connectivity index (χ1v) is 7.68. The summed E-state index contributed by atoms with van der Waals surface area (Å²) in [5.41, 5.74) is 0.231. The Bertz CT molecular complexity index is 750. The van der Waals surface area contributed by atoms with Crippen molar-refractivity contribution in [2.75, 3.05) is 6.26 Å². The summed E-state index contributed by atoms with van der Waals surface area (Å²) in [5, 5.41) is -0.390. The molecule has 0 aliphatic rings. The van der Waals surface area contributed by atoms with E-state index >= 15 is 0 Å². The highest BCUT2D eigenvalue weighted by Crippen LogP contribution is 2.23. The second kappa shape index (κ2) is 4.74. The van der Waals surface area contributed by atoms with Gasteiger partial charge in [0.1, 0.15) is 11.1 Å². The zero-order valence-corrected chi connectivity index (χ0v) is 11.4. The highest BCUT2D eigenvalue weighted by molar-refractivity contribution is 7.92. The molecule has 100 valence electrons. The lowest BCUT2D eigenvalue weighted by atomic mass is 10.00. The SMILES string of the molecule is CC(C(=O)c1ccc(F)c2ccccc12)S(C)(=O)=O. The van der Waals surface area contributed by atoms with E-state index in [9.17, 15) is 17.6 Å². The molecular formula is C14H13FO3S. The number of ketones is 1. The summed E-state index contributed by atoms with van der Waals surface area (Å²) in [6.07, 6.45) is 1.02. The van der Waals surface area contributed by atoms with Gasteiger partial charge >= 0.3 is 0 Å². The van der Waals surface area contributed by atoms with Gasteiger partial charge in [0.2, 0.25) is 0 Å². The van der Waals surface area contributed by atoms with Crippen LogP contribution in [0.15, 0.2) is 36.4 Å². The molecule has 0 saturated heterocycles. The van der Waals surface area contributed by atoms with Gasteiger partial charge in [0.15, 0.2) is 15.6 Å². The third kappa shape index (κ3) is 2.51. The Morgan fingerprint density at radius 3 is 2.26 bits per heavy atom. The summed E-state index contributed by atoms with van der Waals surface area (Å²) in [6.45, 7) is 1.34. The molecule has 0 aliphatic carbocycles. The molecule has 3 nitrogen and oxygen atoms in total. The van der Waals surface area contributed by atoms with Gasteiger partial charge in [0.25, 0.3) is 0 Å². The van der Waals surface area contributed by atoms with E-state index in [4.69, 9.17) is 0 Å². The number of carbonyl (C=O) groups excluding carboxylic acids is 1. The highest BCUT2D eigenvalue weighted by Gasteiger charge is 2.26. The predicted molar refractivity (Wildman–Crippen MR) is 72.5 cm³/mol. The van der Waals surface area contributed by atoms with E-state index in [1.165, 1.54) is 19.1 Å². The minimum Gasteiger partial charge on any atom is -0.293 e. The molecule has 1 unspecified atom stereocenters. The largest absolute Gasteiger partial charge is 0.293 e. The van der Waals surface area contributed by atoms with Crippen molar-refractivity contribution in [2.24, 2.45) is 0 Å². The van der Waals surface area contributed by atoms with Crippen LogP contribution in [-0.4, -0.2) is 25.7 Å². The fourth-order valence-corrected chi connectivity index (χ4v) is 2.41. The predicted octanol–water partition coefficient (Wildman–Crippen LogP) is 2.59. The van der Waals surface area contributed by atoms with Crippen molar-refractivity contribution in [1.29, 1.82) is 0 Å². The van der Waals surface area contributed by atoms with Crippen molar-refractivity contribution < 1.29 is 17.6 Å². The van der Waals surface area contributed by atoms with Gasteiger partial charge in [-0.05, 0) is 24.4 Å². The Hall–Kier alpha value is -1.75. The van der Waals surface area contributed by atoms with Gasteiger partial charge in [-0.2, -0.15) is 0 Å². The number of carbonyl (C=O) groups is 1. The number of benzene rings is 2. The van der Waals surface area contributed by atoms with E-state index < -0.39 is 26.7 Å². The second-order valence-electron chi connectivity index (χ2n) is 4.48. The molecule has 2 rings (SSSR count). The normalized spacial score (nSPS) is 13.4. The third-order valence-electron chi connectivity index (χ3n) is 3.15. The average molecular weight is 280 g/mol. The van der Waals surface area contributed by atoms with Crippen molar-refractivity contribution in [3.05, 3.63) is 47.8 Å². The molecule has 2 aromatic rings. The first-order chi connectivity index (χ1) is 8.82. The minimum atomic E-state index is -3.47. The third-order valence-corrected chi connectivity index (χ3v) is 4.65. The van der Waals surface area contributed by atoms with Crippen LogP contribution < -0.4 is 0 Å². The summed E-state index contributed by atoms with van der Waals surface area (Å²) in [4.78, 5) is 12.2. The van der Waals surface area contributed by atoms with Crippen LogP contribution in [0.25, 0.3) is 10.8 Å². The summed E-state index contributed by atoms with van der Waals surface area (Å²) >= 11 is 0. The van der Waals surface area contributed by atoms with Crippen LogP contribution >= 0.6 is 0 Å². The number of halogens is 1. The van der Waals surface area contributed by atoms with E-state index in [2.05, 4.69) is 0 Å². The first-order valence-electron chi connectivity index (χ1n) is 5.72.